The largest absolute Gasteiger partial charge is 0.509 e. The summed E-state index contributed by atoms with van der Waals surface area (Å²) >= 11 is 0. The van der Waals surface area contributed by atoms with Crippen molar-refractivity contribution in [2.75, 3.05) is 9.80 Å². The first-order valence-electron chi connectivity index (χ1n) is 23.5. The maximum absolute atomic E-state index is 7.18. The number of pyridine rings is 1. The van der Waals surface area contributed by atoms with Gasteiger partial charge in [0.05, 0.1) is 0 Å². The van der Waals surface area contributed by atoms with Gasteiger partial charge in [-0.05, 0) is 97.2 Å². The van der Waals surface area contributed by atoms with Crippen LogP contribution in [-0.4, -0.2) is 9.55 Å². The van der Waals surface area contributed by atoms with Gasteiger partial charge in [-0.15, -0.1) is 53.8 Å². The number of aromatic nitrogens is 2. The Morgan fingerprint density at radius 2 is 1.12 bits per heavy atom. The van der Waals surface area contributed by atoms with Crippen LogP contribution in [-0.2, 0) is 48.1 Å². The van der Waals surface area contributed by atoms with E-state index in [1.165, 1.54) is 22.3 Å². The van der Waals surface area contributed by atoms with Crippen LogP contribution in [0.3, 0.4) is 0 Å². The van der Waals surface area contributed by atoms with Crippen molar-refractivity contribution in [2.24, 2.45) is 0 Å². The number of nitrogens with zero attached hydrogens (tertiary/aromatic N) is 4. The van der Waals surface area contributed by atoms with Crippen molar-refractivity contribution in [1.29, 1.82) is 0 Å². The molecule has 0 aliphatic carbocycles. The van der Waals surface area contributed by atoms with Crippen LogP contribution in [0, 0.1) is 18.8 Å². The molecular weight excluding hydrogens is 1000 g/mol. The van der Waals surface area contributed by atoms with Crippen LogP contribution in [0.5, 0.6) is 11.5 Å². The average molecular weight is 1070 g/mol. The number of benzene rings is 6. The number of hydrogen-bond acceptors (Lipinski definition) is 4. The maximum Gasteiger partial charge on any atom is 0.135 e. The Labute approximate surface area is 414 Å². The van der Waals surface area contributed by atoms with E-state index in [4.69, 9.17) is 9.72 Å². The van der Waals surface area contributed by atoms with Gasteiger partial charge in [0.1, 0.15) is 5.82 Å². The van der Waals surface area contributed by atoms with Crippen molar-refractivity contribution < 1.29 is 25.8 Å². The van der Waals surface area contributed by atoms with E-state index in [9.17, 15) is 0 Å². The van der Waals surface area contributed by atoms with Crippen LogP contribution in [0.4, 0.5) is 22.7 Å². The SMILES string of the molecule is CC(C)(C)c1cc(Oc2[c-]c3c(c(C(C)(C)c4ccccc4)c2)c2ccccc2n3-c2cc(C(C)(C)C)ccn2)[c-]c(N2[CH-]N(c3cccc(C(C)(C)C)c3)c3cc(C(C)(C)C)ccc32)c1.[Pt]. The van der Waals surface area contributed by atoms with Crippen molar-refractivity contribution in [3.63, 3.8) is 0 Å². The third kappa shape index (κ3) is 9.09. The summed E-state index contributed by atoms with van der Waals surface area (Å²) in [5.41, 5.74) is 12.9. The Morgan fingerprint density at radius 3 is 1.81 bits per heavy atom. The molecule has 0 radical (unpaired) electrons. The van der Waals surface area contributed by atoms with Gasteiger partial charge in [0, 0.05) is 61.3 Å². The quantitative estimate of drug-likeness (QED) is 0.149. The predicted octanol–water partition coefficient (Wildman–Crippen LogP) is 16.5. The molecule has 1 aliphatic rings. The molecule has 0 unspecified atom stereocenters. The summed E-state index contributed by atoms with van der Waals surface area (Å²) in [6, 6.07) is 53.8. The number of rotatable bonds is 7. The second-order valence-electron chi connectivity index (χ2n) is 22.8. The first-order chi connectivity index (χ1) is 31.0. The van der Waals surface area contributed by atoms with Gasteiger partial charge in [-0.1, -0.05) is 175 Å². The summed E-state index contributed by atoms with van der Waals surface area (Å²) in [6.07, 6.45) is 1.93. The van der Waals surface area contributed by atoms with Gasteiger partial charge in [0.25, 0.3) is 0 Å². The molecule has 0 fully saturated rings. The normalized spacial score (nSPS) is 13.6. The van der Waals surface area contributed by atoms with E-state index >= 15 is 0 Å². The van der Waals surface area contributed by atoms with Crippen molar-refractivity contribution in [1.82, 2.24) is 9.55 Å². The van der Waals surface area contributed by atoms with E-state index in [0.29, 0.717) is 11.5 Å². The topological polar surface area (TPSA) is 33.5 Å². The van der Waals surface area contributed by atoms with E-state index in [1.54, 1.807) is 0 Å². The Kier molecular flexibility index (Phi) is 12.2. The fraction of sp³-hybridized carbons (Fsp3) is 0.311. The van der Waals surface area contributed by atoms with Crippen LogP contribution in [0.2, 0.25) is 0 Å². The number of ether oxygens (including phenoxy) is 1. The maximum atomic E-state index is 7.18. The first-order valence-corrected chi connectivity index (χ1v) is 23.5. The molecule has 0 bridgehead atoms. The molecule has 3 heterocycles. The summed E-state index contributed by atoms with van der Waals surface area (Å²) in [5.74, 6) is 2.10. The zero-order valence-corrected chi connectivity index (χ0v) is 44.1. The third-order valence-electron chi connectivity index (χ3n) is 13.4. The smallest absolute Gasteiger partial charge is 0.135 e. The molecule has 6 aromatic carbocycles. The first kappa shape index (κ1) is 47.8. The molecule has 0 N–H and O–H groups in total. The molecule has 9 rings (SSSR count). The van der Waals surface area contributed by atoms with Crippen molar-refractivity contribution in [3.8, 4) is 17.3 Å². The van der Waals surface area contributed by atoms with Crippen LogP contribution in [0.15, 0.2) is 134 Å². The molecule has 1 aliphatic heterocycles. The van der Waals surface area contributed by atoms with Gasteiger partial charge < -0.3 is 19.1 Å². The molecule has 0 saturated carbocycles. The minimum absolute atomic E-state index is 0. The molecule has 8 aromatic rings. The minimum atomic E-state index is -0.404. The second kappa shape index (κ2) is 17.1. The van der Waals surface area contributed by atoms with E-state index in [1.807, 2.05) is 6.20 Å². The summed E-state index contributed by atoms with van der Waals surface area (Å²) in [4.78, 5) is 9.62. The second-order valence-corrected chi connectivity index (χ2v) is 22.8. The van der Waals surface area contributed by atoms with Gasteiger partial charge in [-0.25, -0.2) is 4.98 Å². The minimum Gasteiger partial charge on any atom is -0.509 e. The molecule has 0 spiro atoms. The Balaban J connectivity index is 0.00000608. The van der Waals surface area contributed by atoms with E-state index < -0.39 is 5.41 Å². The fourth-order valence-corrected chi connectivity index (χ4v) is 9.20. The van der Waals surface area contributed by atoms with Crippen LogP contribution >= 0.6 is 0 Å². The van der Waals surface area contributed by atoms with E-state index in [-0.39, 0.29) is 42.7 Å². The van der Waals surface area contributed by atoms with Gasteiger partial charge in [-0.2, -0.15) is 0 Å². The van der Waals surface area contributed by atoms with Crippen LogP contribution in [0.1, 0.15) is 130 Å². The Bertz CT molecular complexity index is 3120. The Morgan fingerprint density at radius 1 is 0.507 bits per heavy atom. The van der Waals surface area contributed by atoms with Gasteiger partial charge >= 0.3 is 0 Å². The predicted molar refractivity (Wildman–Crippen MR) is 278 cm³/mol. The number of hydrogen-bond donors (Lipinski definition) is 0. The van der Waals surface area contributed by atoms with Crippen molar-refractivity contribution >= 4 is 44.6 Å². The zero-order valence-electron chi connectivity index (χ0n) is 41.8. The van der Waals surface area contributed by atoms with Gasteiger partial charge in [0.2, 0.25) is 0 Å². The number of fused-ring (bicyclic) bond motifs is 4. The number of anilines is 4. The average Bonchev–Trinajstić information content (AvgIpc) is 3.81. The summed E-state index contributed by atoms with van der Waals surface area (Å²) in [6.45, 7) is 34.0. The molecular formula is C61H65N4OPt-3. The monoisotopic (exact) mass is 1060 g/mol. The molecule has 67 heavy (non-hydrogen) atoms. The van der Waals surface area contributed by atoms with Crippen molar-refractivity contribution in [3.05, 3.63) is 186 Å². The molecule has 0 atom stereocenters. The summed E-state index contributed by atoms with van der Waals surface area (Å²) in [7, 11) is 0. The van der Waals surface area contributed by atoms with Crippen LogP contribution < -0.4 is 14.5 Å². The summed E-state index contributed by atoms with van der Waals surface area (Å²) < 4.78 is 9.44. The number of para-hydroxylation sites is 1. The zero-order chi connectivity index (χ0) is 47.1. The molecule has 0 amide bonds. The van der Waals surface area contributed by atoms with E-state index in [2.05, 4.69) is 257 Å². The molecule has 6 heteroatoms. The molecule has 5 nitrogen and oxygen atoms in total. The van der Waals surface area contributed by atoms with Gasteiger partial charge in [-0.3, -0.25) is 0 Å². The van der Waals surface area contributed by atoms with E-state index in [0.717, 1.165) is 61.5 Å². The van der Waals surface area contributed by atoms with Crippen LogP contribution in [0.25, 0.3) is 27.6 Å². The fourth-order valence-electron chi connectivity index (χ4n) is 9.20. The summed E-state index contributed by atoms with van der Waals surface area (Å²) in [5, 5.41) is 2.28. The molecule has 0 saturated heterocycles. The third-order valence-corrected chi connectivity index (χ3v) is 13.4. The van der Waals surface area contributed by atoms with Crippen molar-refractivity contribution in [2.45, 2.75) is 124 Å². The Hall–Kier alpha value is -5.64. The van der Waals surface area contributed by atoms with Gasteiger partial charge in [0.15, 0.2) is 0 Å². The standard InChI is InChI=1S/C61H65N4O.Pt/c1-57(2,3)41-23-20-24-45(31-41)63-39-64(52-28-27-42(34-53(52)63)58(4,5)6)46-32-44(60(10,11)12)33-47(36-46)66-48-37-50(61(13,14)40-21-16-15-17-22-40)56-49-25-18-19-26-51(49)65(54(56)38-48)55-35-43(29-30-62-55)59(7,8)9;/h15-35,37,39H,1-14H3;/q-3;. The molecule has 348 valence electrons. The molecule has 2 aromatic heterocycles.